The van der Waals surface area contributed by atoms with Gasteiger partial charge in [0.25, 0.3) is 11.1 Å². The first kappa shape index (κ1) is 21.0. The molecule has 0 spiro atoms. The molecule has 3 aromatic heterocycles. The van der Waals surface area contributed by atoms with E-state index in [9.17, 15) is 22.8 Å². The van der Waals surface area contributed by atoms with E-state index in [1.807, 2.05) is 23.3 Å². The molecule has 2 aliphatic heterocycles. The Labute approximate surface area is 185 Å². The normalized spacial score (nSPS) is 17.5. The van der Waals surface area contributed by atoms with E-state index in [0.717, 1.165) is 11.8 Å². The summed E-state index contributed by atoms with van der Waals surface area (Å²) in [4.78, 5) is 34.4. The highest BCUT2D eigenvalue weighted by Crippen LogP contribution is 2.27. The topological polar surface area (TPSA) is 85.0 Å². The van der Waals surface area contributed by atoms with Gasteiger partial charge in [-0.3, -0.25) is 23.7 Å². The summed E-state index contributed by atoms with van der Waals surface area (Å²) in [5.41, 5.74) is 1.30. The summed E-state index contributed by atoms with van der Waals surface area (Å²) in [6, 6.07) is 5.24. The predicted molar refractivity (Wildman–Crippen MR) is 114 cm³/mol. The van der Waals surface area contributed by atoms with Gasteiger partial charge in [-0.1, -0.05) is 6.07 Å². The maximum absolute atomic E-state index is 12.6. The van der Waals surface area contributed by atoms with E-state index in [0.29, 0.717) is 42.9 Å². The lowest BCUT2D eigenvalue weighted by molar-refractivity contribution is -0.141. The van der Waals surface area contributed by atoms with Crippen LogP contribution < -0.4 is 16.4 Å². The van der Waals surface area contributed by atoms with Crippen LogP contribution in [0, 0.1) is 0 Å². The molecule has 0 fully saturated rings. The minimum atomic E-state index is -4.45. The van der Waals surface area contributed by atoms with Crippen molar-refractivity contribution in [1.29, 1.82) is 0 Å². The summed E-state index contributed by atoms with van der Waals surface area (Å²) in [7, 11) is 0. The molecular weight excluding hydrogens is 437 g/mol. The van der Waals surface area contributed by atoms with E-state index < -0.39 is 11.9 Å². The Morgan fingerprint density at radius 3 is 2.61 bits per heavy atom. The van der Waals surface area contributed by atoms with Gasteiger partial charge in [-0.2, -0.15) is 13.2 Å². The lowest BCUT2D eigenvalue weighted by Gasteiger charge is -2.26. The molecule has 2 aliphatic rings. The van der Waals surface area contributed by atoms with E-state index in [4.69, 9.17) is 0 Å². The zero-order valence-electron chi connectivity index (χ0n) is 17.3. The van der Waals surface area contributed by atoms with E-state index in [1.54, 1.807) is 15.2 Å². The number of nitrogens with zero attached hydrogens (tertiary/aromatic N) is 5. The molecule has 0 saturated heterocycles. The van der Waals surface area contributed by atoms with E-state index in [-0.39, 0.29) is 17.2 Å². The molecule has 0 amide bonds. The summed E-state index contributed by atoms with van der Waals surface area (Å²) >= 11 is 0. The van der Waals surface area contributed by atoms with Gasteiger partial charge in [-0.05, 0) is 29.8 Å². The summed E-state index contributed by atoms with van der Waals surface area (Å²) < 4.78 is 41.1. The SMILES string of the molecule is O=c1ccc2ncc(=O)n3c2n1C[C@H]3CN1C=CC(NCc2ccc(C(F)(F)F)nc2)=CC1. The van der Waals surface area contributed by atoms with Crippen LogP contribution in [0.5, 0.6) is 0 Å². The van der Waals surface area contributed by atoms with Gasteiger partial charge in [0.05, 0.1) is 18.8 Å². The number of halogens is 3. The first-order valence-electron chi connectivity index (χ1n) is 10.3. The van der Waals surface area contributed by atoms with Gasteiger partial charge in [0.1, 0.15) is 16.9 Å². The third-order valence-electron chi connectivity index (χ3n) is 5.74. The van der Waals surface area contributed by atoms with Gasteiger partial charge < -0.3 is 10.2 Å². The molecule has 0 aliphatic carbocycles. The number of alkyl halides is 3. The zero-order valence-corrected chi connectivity index (χ0v) is 17.3. The summed E-state index contributed by atoms with van der Waals surface area (Å²) in [6.07, 6.45) is 3.74. The maximum Gasteiger partial charge on any atom is 0.433 e. The Kier molecular flexibility index (Phi) is 5.03. The van der Waals surface area contributed by atoms with Crippen LogP contribution in [0.1, 0.15) is 17.3 Å². The minimum Gasteiger partial charge on any atom is -0.381 e. The molecular formula is C22H19F3N6O2. The van der Waals surface area contributed by atoms with Gasteiger partial charge in [-0.15, -0.1) is 0 Å². The largest absolute Gasteiger partial charge is 0.433 e. The minimum absolute atomic E-state index is 0.163. The number of pyridine rings is 2. The van der Waals surface area contributed by atoms with Gasteiger partial charge in [0, 0.05) is 43.8 Å². The van der Waals surface area contributed by atoms with Crippen molar-refractivity contribution < 1.29 is 13.2 Å². The van der Waals surface area contributed by atoms with Crippen molar-refractivity contribution in [2.45, 2.75) is 25.3 Å². The number of nitrogens with one attached hydrogen (secondary N) is 1. The van der Waals surface area contributed by atoms with E-state index in [2.05, 4.69) is 15.3 Å². The second kappa shape index (κ2) is 7.91. The molecule has 0 bridgehead atoms. The highest BCUT2D eigenvalue weighted by Gasteiger charge is 2.32. The Bertz CT molecular complexity index is 1380. The maximum atomic E-state index is 12.6. The molecule has 1 atom stereocenters. The Morgan fingerprint density at radius 2 is 1.91 bits per heavy atom. The van der Waals surface area contributed by atoms with Crippen LogP contribution in [0.3, 0.4) is 0 Å². The fourth-order valence-corrected chi connectivity index (χ4v) is 4.13. The molecule has 0 saturated carbocycles. The lowest BCUT2D eigenvalue weighted by Crippen LogP contribution is -2.33. The third kappa shape index (κ3) is 4.01. The van der Waals surface area contributed by atoms with Gasteiger partial charge >= 0.3 is 6.18 Å². The number of aromatic nitrogens is 4. The van der Waals surface area contributed by atoms with Crippen LogP contribution in [0.15, 0.2) is 70.3 Å². The average molecular weight is 456 g/mol. The van der Waals surface area contributed by atoms with Crippen molar-refractivity contribution in [3.8, 4) is 0 Å². The van der Waals surface area contributed by atoms with Crippen molar-refractivity contribution in [3.05, 3.63) is 92.7 Å². The first-order valence-corrected chi connectivity index (χ1v) is 10.3. The number of hydrogen-bond donors (Lipinski definition) is 1. The number of hydrogen-bond acceptors (Lipinski definition) is 6. The van der Waals surface area contributed by atoms with Gasteiger partial charge in [-0.25, -0.2) is 4.98 Å². The Hall–Kier alpha value is -3.89. The lowest BCUT2D eigenvalue weighted by atomic mass is 10.2. The van der Waals surface area contributed by atoms with E-state index >= 15 is 0 Å². The fraction of sp³-hybridized carbons (Fsp3) is 0.273. The molecule has 8 nitrogen and oxygen atoms in total. The van der Waals surface area contributed by atoms with Crippen molar-refractivity contribution in [3.63, 3.8) is 0 Å². The van der Waals surface area contributed by atoms with Crippen LogP contribution in [0.4, 0.5) is 13.2 Å². The van der Waals surface area contributed by atoms with Crippen LogP contribution in [0.25, 0.3) is 11.2 Å². The van der Waals surface area contributed by atoms with E-state index in [1.165, 1.54) is 24.5 Å². The van der Waals surface area contributed by atoms with Crippen LogP contribution in [-0.4, -0.2) is 37.1 Å². The van der Waals surface area contributed by atoms with Crippen LogP contribution >= 0.6 is 0 Å². The number of allylic oxidation sites excluding steroid dienone is 1. The smallest absolute Gasteiger partial charge is 0.381 e. The standard InChI is InChI=1S/C22H19F3N6O2/c23-22(24,25)18-3-1-14(10-28-18)9-26-15-5-7-29(8-6-15)12-16-13-30-19(32)4-2-17-21(30)31(16)20(33)11-27-17/h1-7,10-11,16,26H,8-9,12-13H2/t16-/m1/s1. The Morgan fingerprint density at radius 1 is 1.06 bits per heavy atom. The van der Waals surface area contributed by atoms with Crippen molar-refractivity contribution in [2.24, 2.45) is 0 Å². The molecule has 3 aromatic rings. The van der Waals surface area contributed by atoms with Crippen LogP contribution in [0.2, 0.25) is 0 Å². The monoisotopic (exact) mass is 456 g/mol. The fourth-order valence-electron chi connectivity index (χ4n) is 4.13. The highest BCUT2D eigenvalue weighted by molar-refractivity contribution is 5.71. The van der Waals surface area contributed by atoms with Gasteiger partial charge in [0.2, 0.25) is 0 Å². The van der Waals surface area contributed by atoms with Crippen molar-refractivity contribution in [2.75, 3.05) is 13.1 Å². The van der Waals surface area contributed by atoms with Crippen molar-refractivity contribution >= 4 is 11.2 Å². The highest BCUT2D eigenvalue weighted by atomic mass is 19.4. The molecule has 0 unspecified atom stereocenters. The van der Waals surface area contributed by atoms with Crippen LogP contribution in [-0.2, 0) is 19.3 Å². The molecule has 5 heterocycles. The van der Waals surface area contributed by atoms with Gasteiger partial charge in [0.15, 0.2) is 0 Å². The summed E-state index contributed by atoms with van der Waals surface area (Å²) in [6.45, 7) is 1.85. The quantitative estimate of drug-likeness (QED) is 0.633. The molecule has 11 heteroatoms. The molecule has 0 aromatic carbocycles. The average Bonchev–Trinajstić information content (AvgIpc) is 3.18. The second-order valence-corrected chi connectivity index (χ2v) is 7.94. The van der Waals surface area contributed by atoms with Crippen molar-refractivity contribution in [1.82, 2.24) is 29.3 Å². The molecule has 0 radical (unpaired) electrons. The first-order chi connectivity index (χ1) is 15.8. The summed E-state index contributed by atoms with van der Waals surface area (Å²) in [5.74, 6) is 0. The predicted octanol–water partition coefficient (Wildman–Crippen LogP) is 2.03. The zero-order chi connectivity index (χ0) is 23.2. The molecule has 170 valence electrons. The number of rotatable bonds is 5. The molecule has 1 N–H and O–H groups in total. The molecule has 33 heavy (non-hydrogen) atoms. The second-order valence-electron chi connectivity index (χ2n) is 7.94. The third-order valence-corrected chi connectivity index (χ3v) is 5.74. The molecule has 5 rings (SSSR count). The summed E-state index contributed by atoms with van der Waals surface area (Å²) in [5, 5.41) is 3.17. The Balaban J connectivity index is 1.22.